The van der Waals surface area contributed by atoms with E-state index in [2.05, 4.69) is 0 Å². The van der Waals surface area contributed by atoms with Crippen molar-refractivity contribution < 1.29 is 17.9 Å². The van der Waals surface area contributed by atoms with Crippen LogP contribution >= 0.6 is 11.6 Å². The molecule has 0 spiro atoms. The zero-order chi connectivity index (χ0) is 18.6. The molecule has 1 amide bonds. The third-order valence-corrected chi connectivity index (χ3v) is 6.73. The normalized spacial score (nSPS) is 18.8. The summed E-state index contributed by atoms with van der Waals surface area (Å²) in [4.78, 5) is 14.4. The maximum absolute atomic E-state index is 12.9. The Bertz CT molecular complexity index is 719. The molecule has 2 rings (SSSR count). The summed E-state index contributed by atoms with van der Waals surface area (Å²) in [6.07, 6.45) is 1.38. The van der Waals surface area contributed by atoms with Crippen LogP contribution in [0.25, 0.3) is 0 Å². The molecule has 0 radical (unpaired) electrons. The van der Waals surface area contributed by atoms with Crippen molar-refractivity contribution in [3.05, 3.63) is 23.2 Å². The predicted octanol–water partition coefficient (Wildman–Crippen LogP) is 2.62. The molecule has 25 heavy (non-hydrogen) atoms. The molecule has 8 heteroatoms. The van der Waals surface area contributed by atoms with Gasteiger partial charge in [-0.25, -0.2) is 8.42 Å². The third-order valence-electron chi connectivity index (χ3n) is 4.57. The summed E-state index contributed by atoms with van der Waals surface area (Å²) in [6, 6.07) is 4.42. The van der Waals surface area contributed by atoms with Crippen LogP contribution in [0.2, 0.25) is 5.02 Å². The van der Waals surface area contributed by atoms with Gasteiger partial charge >= 0.3 is 0 Å². The Morgan fingerprint density at radius 2 is 2.04 bits per heavy atom. The number of benzene rings is 1. The van der Waals surface area contributed by atoms with Gasteiger partial charge in [-0.3, -0.25) is 4.79 Å². The highest BCUT2D eigenvalue weighted by atomic mass is 35.5. The number of halogens is 1. The number of hydrogen-bond acceptors (Lipinski definition) is 4. The fraction of sp³-hybridized carbons (Fsp3) is 0.588. The van der Waals surface area contributed by atoms with Crippen LogP contribution in [0.15, 0.2) is 23.1 Å². The van der Waals surface area contributed by atoms with E-state index in [0.717, 1.165) is 0 Å². The van der Waals surface area contributed by atoms with Crippen molar-refractivity contribution in [3.8, 4) is 5.75 Å². The maximum Gasteiger partial charge on any atom is 0.243 e. The molecular formula is C17H25ClN2O4S. The first kappa shape index (κ1) is 20.0. The third kappa shape index (κ3) is 4.27. The molecule has 0 aliphatic carbocycles. The van der Waals surface area contributed by atoms with E-state index >= 15 is 0 Å². The number of amides is 1. The van der Waals surface area contributed by atoms with Gasteiger partial charge in [0.2, 0.25) is 15.9 Å². The topological polar surface area (TPSA) is 66.9 Å². The largest absolute Gasteiger partial charge is 0.495 e. The van der Waals surface area contributed by atoms with E-state index in [1.54, 1.807) is 4.90 Å². The van der Waals surface area contributed by atoms with Gasteiger partial charge in [0.05, 0.1) is 22.9 Å². The lowest BCUT2D eigenvalue weighted by Crippen LogP contribution is -2.46. The first-order valence-corrected chi connectivity index (χ1v) is 10.3. The fourth-order valence-corrected chi connectivity index (χ4v) is 4.99. The second-order valence-electron chi connectivity index (χ2n) is 6.01. The molecule has 6 nitrogen and oxygen atoms in total. The van der Waals surface area contributed by atoms with E-state index in [0.29, 0.717) is 38.2 Å². The zero-order valence-electron chi connectivity index (χ0n) is 14.9. The van der Waals surface area contributed by atoms with Gasteiger partial charge in [-0.15, -0.1) is 0 Å². The molecule has 1 aromatic rings. The van der Waals surface area contributed by atoms with Crippen LogP contribution in [0.1, 0.15) is 26.7 Å². The SMILES string of the molecule is CCN(CC)C(=O)[C@@H]1CCCN(S(=O)(=O)c2ccc(OC)c(Cl)c2)C1. The van der Waals surface area contributed by atoms with Crippen molar-refractivity contribution in [3.63, 3.8) is 0 Å². The fourth-order valence-electron chi connectivity index (χ4n) is 3.11. The van der Waals surface area contributed by atoms with E-state index < -0.39 is 10.0 Å². The summed E-state index contributed by atoms with van der Waals surface area (Å²) in [5.41, 5.74) is 0. The van der Waals surface area contributed by atoms with Crippen molar-refractivity contribution in [1.82, 2.24) is 9.21 Å². The van der Waals surface area contributed by atoms with Crippen LogP contribution in [0, 0.1) is 5.92 Å². The molecule has 1 aliphatic rings. The molecular weight excluding hydrogens is 364 g/mol. The minimum absolute atomic E-state index is 0.0256. The molecule has 1 atom stereocenters. The van der Waals surface area contributed by atoms with Gasteiger partial charge in [0.25, 0.3) is 0 Å². The maximum atomic E-state index is 12.9. The Hall–Kier alpha value is -1.31. The minimum Gasteiger partial charge on any atom is -0.495 e. The Morgan fingerprint density at radius 3 is 2.60 bits per heavy atom. The lowest BCUT2D eigenvalue weighted by molar-refractivity contribution is -0.136. The standard InChI is InChI=1S/C17H25ClN2O4S/c1-4-19(5-2)17(21)13-7-6-10-20(12-13)25(22,23)14-8-9-16(24-3)15(18)11-14/h8-9,11,13H,4-7,10,12H2,1-3H3/t13-/m1/s1. The number of methoxy groups -OCH3 is 1. The second kappa shape index (κ2) is 8.38. The predicted molar refractivity (Wildman–Crippen MR) is 97.4 cm³/mol. The molecule has 0 saturated carbocycles. The molecule has 1 heterocycles. The summed E-state index contributed by atoms with van der Waals surface area (Å²) in [6.45, 7) is 5.74. The van der Waals surface area contributed by atoms with E-state index in [-0.39, 0.29) is 28.3 Å². The van der Waals surface area contributed by atoms with Gasteiger partial charge < -0.3 is 9.64 Å². The Labute approximate surface area is 154 Å². The highest BCUT2D eigenvalue weighted by Crippen LogP contribution is 2.30. The molecule has 1 fully saturated rings. The number of carbonyl (C=O) groups is 1. The summed E-state index contributed by atoms with van der Waals surface area (Å²) in [5, 5.41) is 0.247. The first-order chi connectivity index (χ1) is 11.8. The van der Waals surface area contributed by atoms with Crippen molar-refractivity contribution in [2.24, 2.45) is 5.92 Å². The lowest BCUT2D eigenvalue weighted by atomic mass is 9.98. The van der Waals surface area contributed by atoms with E-state index in [1.165, 1.54) is 29.6 Å². The van der Waals surface area contributed by atoms with Crippen LogP contribution in [-0.2, 0) is 14.8 Å². The average molecular weight is 389 g/mol. The summed E-state index contributed by atoms with van der Waals surface area (Å²) >= 11 is 6.06. The zero-order valence-corrected chi connectivity index (χ0v) is 16.4. The molecule has 1 aliphatic heterocycles. The number of hydrogen-bond donors (Lipinski definition) is 0. The average Bonchev–Trinajstić information content (AvgIpc) is 2.62. The van der Waals surface area contributed by atoms with Crippen LogP contribution in [0.3, 0.4) is 0 Å². The molecule has 0 N–H and O–H groups in total. The molecule has 1 aromatic carbocycles. The molecule has 140 valence electrons. The smallest absolute Gasteiger partial charge is 0.243 e. The number of sulfonamides is 1. The van der Waals surface area contributed by atoms with Crippen molar-refractivity contribution in [2.75, 3.05) is 33.3 Å². The number of carbonyl (C=O) groups excluding carboxylic acids is 1. The number of piperidine rings is 1. The summed E-state index contributed by atoms with van der Waals surface area (Å²) in [7, 11) is -2.22. The van der Waals surface area contributed by atoms with Gasteiger partial charge in [0.1, 0.15) is 5.75 Å². The monoisotopic (exact) mass is 388 g/mol. The van der Waals surface area contributed by atoms with E-state index in [1.807, 2.05) is 13.8 Å². The molecule has 0 unspecified atom stereocenters. The van der Waals surface area contributed by atoms with E-state index in [9.17, 15) is 13.2 Å². The molecule has 0 aromatic heterocycles. The minimum atomic E-state index is -3.69. The molecule has 1 saturated heterocycles. The van der Waals surface area contributed by atoms with E-state index in [4.69, 9.17) is 16.3 Å². The van der Waals surface area contributed by atoms with Crippen LogP contribution in [0.5, 0.6) is 5.75 Å². The number of nitrogens with zero attached hydrogens (tertiary/aromatic N) is 2. The highest BCUT2D eigenvalue weighted by molar-refractivity contribution is 7.89. The van der Waals surface area contributed by atoms with Gasteiger partial charge in [-0.05, 0) is 44.9 Å². The van der Waals surface area contributed by atoms with Crippen LogP contribution < -0.4 is 4.74 Å². The van der Waals surface area contributed by atoms with Crippen molar-refractivity contribution in [2.45, 2.75) is 31.6 Å². The van der Waals surface area contributed by atoms with Crippen LogP contribution in [-0.4, -0.2) is 56.8 Å². The summed E-state index contributed by atoms with van der Waals surface area (Å²) < 4.78 is 32.3. The van der Waals surface area contributed by atoms with Gasteiger partial charge in [-0.1, -0.05) is 11.6 Å². The Balaban J connectivity index is 2.22. The Morgan fingerprint density at radius 1 is 1.36 bits per heavy atom. The van der Waals surface area contributed by atoms with Gasteiger partial charge in [0.15, 0.2) is 0 Å². The van der Waals surface area contributed by atoms with Crippen LogP contribution in [0.4, 0.5) is 0 Å². The summed E-state index contributed by atoms with van der Waals surface area (Å²) in [5.74, 6) is 0.156. The first-order valence-electron chi connectivity index (χ1n) is 8.47. The van der Waals surface area contributed by atoms with Crippen molar-refractivity contribution in [1.29, 1.82) is 0 Å². The number of ether oxygens (including phenoxy) is 1. The quantitative estimate of drug-likeness (QED) is 0.751. The highest BCUT2D eigenvalue weighted by Gasteiger charge is 2.34. The Kier molecular flexibility index (Phi) is 6.71. The second-order valence-corrected chi connectivity index (χ2v) is 8.35. The van der Waals surface area contributed by atoms with Crippen molar-refractivity contribution >= 4 is 27.5 Å². The lowest BCUT2D eigenvalue weighted by Gasteiger charge is -2.33. The number of rotatable bonds is 6. The van der Waals surface area contributed by atoms with Gasteiger partial charge in [-0.2, -0.15) is 4.31 Å². The molecule has 0 bridgehead atoms. The van der Waals surface area contributed by atoms with Gasteiger partial charge in [0, 0.05) is 26.2 Å².